The van der Waals surface area contributed by atoms with Crippen LogP contribution in [0.1, 0.15) is 29.2 Å². The topological polar surface area (TPSA) is 31.4 Å². The molecule has 0 bridgehead atoms. The maximum Gasteiger partial charge on any atom is 0.0832 e. The van der Waals surface area contributed by atoms with E-state index in [1.807, 2.05) is 30.5 Å². The Bertz CT molecular complexity index is 1220. The molecule has 2 heterocycles. The third-order valence-corrected chi connectivity index (χ3v) is 6.18. The van der Waals surface area contributed by atoms with Gasteiger partial charge in [-0.3, -0.25) is 5.01 Å². The van der Waals surface area contributed by atoms with E-state index in [-0.39, 0.29) is 6.04 Å². The van der Waals surface area contributed by atoms with Crippen LogP contribution in [-0.4, -0.2) is 10.7 Å². The Labute approximate surface area is 179 Å². The number of anilines is 1. The zero-order chi connectivity index (χ0) is 20.0. The Morgan fingerprint density at radius 1 is 0.966 bits per heavy atom. The number of H-pyrrole nitrogens is 1. The van der Waals surface area contributed by atoms with E-state index in [9.17, 15) is 0 Å². The number of rotatable bonds is 3. The molecule has 4 aromatic rings. The second kappa shape index (κ2) is 7.25. The molecule has 0 spiro atoms. The van der Waals surface area contributed by atoms with Crippen LogP contribution in [-0.2, 0) is 0 Å². The highest BCUT2D eigenvalue weighted by Gasteiger charge is 2.31. The first-order valence-corrected chi connectivity index (χ1v) is 10.3. The fourth-order valence-corrected chi connectivity index (χ4v) is 4.20. The van der Waals surface area contributed by atoms with Crippen LogP contribution in [0.3, 0.4) is 0 Å². The van der Waals surface area contributed by atoms with Crippen molar-refractivity contribution in [2.45, 2.75) is 19.4 Å². The monoisotopic (exact) mass is 419 g/mol. The molecule has 1 N–H and O–H groups in total. The first-order valence-electron chi connectivity index (χ1n) is 9.55. The number of aromatic nitrogens is 1. The van der Waals surface area contributed by atoms with E-state index in [1.165, 1.54) is 10.9 Å². The van der Waals surface area contributed by atoms with E-state index in [1.54, 1.807) is 0 Å². The number of hydrazone groups is 1. The maximum absolute atomic E-state index is 6.33. The van der Waals surface area contributed by atoms with Crippen molar-refractivity contribution >= 4 is 45.5 Å². The van der Waals surface area contributed by atoms with Crippen molar-refractivity contribution in [1.29, 1.82) is 0 Å². The van der Waals surface area contributed by atoms with Crippen molar-refractivity contribution in [3.63, 3.8) is 0 Å². The first kappa shape index (κ1) is 18.3. The number of fused-ring (bicyclic) bond motifs is 1. The standard InChI is InChI=1S/C24H19Cl2N3/c1-15-6-9-17(10-7-15)29-24(16-8-11-20(25)21(26)12-16)13-23(28-29)19-14-27-22-5-3-2-4-18(19)22/h2-12,14,24,27H,13H2,1H3. The maximum atomic E-state index is 6.33. The highest BCUT2D eigenvalue weighted by Crippen LogP contribution is 2.39. The summed E-state index contributed by atoms with van der Waals surface area (Å²) in [6, 6.07) is 22.7. The van der Waals surface area contributed by atoms with Crippen molar-refractivity contribution in [1.82, 2.24) is 4.98 Å². The van der Waals surface area contributed by atoms with Gasteiger partial charge in [0.25, 0.3) is 0 Å². The van der Waals surface area contributed by atoms with Gasteiger partial charge in [0.05, 0.1) is 27.5 Å². The minimum absolute atomic E-state index is 0.0520. The largest absolute Gasteiger partial charge is 0.360 e. The number of benzene rings is 3. The van der Waals surface area contributed by atoms with Gasteiger partial charge in [-0.2, -0.15) is 5.10 Å². The van der Waals surface area contributed by atoms with Crippen molar-refractivity contribution < 1.29 is 0 Å². The van der Waals surface area contributed by atoms with E-state index in [2.05, 4.69) is 59.4 Å². The molecule has 3 aromatic carbocycles. The fourth-order valence-electron chi connectivity index (χ4n) is 3.90. The summed E-state index contributed by atoms with van der Waals surface area (Å²) in [6.45, 7) is 2.09. The quantitative estimate of drug-likeness (QED) is 0.375. The zero-order valence-corrected chi connectivity index (χ0v) is 17.4. The van der Waals surface area contributed by atoms with Crippen LogP contribution in [0.4, 0.5) is 5.69 Å². The molecule has 1 aliphatic rings. The number of aryl methyl sites for hydroxylation is 1. The van der Waals surface area contributed by atoms with E-state index >= 15 is 0 Å². The van der Waals surface area contributed by atoms with Crippen LogP contribution in [0.2, 0.25) is 10.0 Å². The number of nitrogens with one attached hydrogen (secondary N) is 1. The summed E-state index contributed by atoms with van der Waals surface area (Å²) in [5.74, 6) is 0. The Morgan fingerprint density at radius 2 is 1.76 bits per heavy atom. The Balaban J connectivity index is 1.61. The van der Waals surface area contributed by atoms with Gasteiger partial charge in [-0.05, 0) is 42.8 Å². The van der Waals surface area contributed by atoms with Crippen molar-refractivity contribution in [2.75, 3.05) is 5.01 Å². The molecule has 0 amide bonds. The predicted molar refractivity (Wildman–Crippen MR) is 122 cm³/mol. The van der Waals surface area contributed by atoms with Gasteiger partial charge in [0.15, 0.2) is 0 Å². The molecule has 1 unspecified atom stereocenters. The van der Waals surface area contributed by atoms with E-state index < -0.39 is 0 Å². The van der Waals surface area contributed by atoms with Crippen LogP contribution >= 0.6 is 23.2 Å². The molecule has 1 atom stereocenters. The van der Waals surface area contributed by atoms with Gasteiger partial charge >= 0.3 is 0 Å². The lowest BCUT2D eigenvalue weighted by Crippen LogP contribution is -2.18. The number of hydrogen-bond acceptors (Lipinski definition) is 2. The average Bonchev–Trinajstić information content (AvgIpc) is 3.35. The van der Waals surface area contributed by atoms with Gasteiger partial charge < -0.3 is 4.98 Å². The molecule has 0 fully saturated rings. The van der Waals surface area contributed by atoms with Crippen LogP contribution in [0.25, 0.3) is 10.9 Å². The van der Waals surface area contributed by atoms with Gasteiger partial charge in [-0.1, -0.05) is 65.2 Å². The lowest BCUT2D eigenvalue weighted by atomic mass is 9.98. The second-order valence-electron chi connectivity index (χ2n) is 7.37. The molecule has 0 radical (unpaired) electrons. The molecule has 3 nitrogen and oxygen atoms in total. The SMILES string of the molecule is Cc1ccc(N2N=C(c3c[nH]c4ccccc34)CC2c2ccc(Cl)c(Cl)c2)cc1. The van der Waals surface area contributed by atoms with Gasteiger partial charge in [-0.25, -0.2) is 0 Å². The highest BCUT2D eigenvalue weighted by atomic mass is 35.5. The molecule has 5 rings (SSSR count). The predicted octanol–water partition coefficient (Wildman–Crippen LogP) is 7.14. The molecule has 5 heteroatoms. The molecule has 1 aromatic heterocycles. The van der Waals surface area contributed by atoms with Crippen LogP contribution in [0.5, 0.6) is 0 Å². The molecule has 0 aliphatic carbocycles. The number of para-hydroxylation sites is 1. The van der Waals surface area contributed by atoms with Gasteiger partial charge in [0.2, 0.25) is 0 Å². The van der Waals surface area contributed by atoms with Crippen LogP contribution in [0.15, 0.2) is 78.0 Å². The summed E-state index contributed by atoms with van der Waals surface area (Å²) < 4.78 is 0. The second-order valence-corrected chi connectivity index (χ2v) is 8.18. The normalized spacial score (nSPS) is 16.4. The molecule has 29 heavy (non-hydrogen) atoms. The number of halogens is 2. The Morgan fingerprint density at radius 3 is 2.55 bits per heavy atom. The smallest absolute Gasteiger partial charge is 0.0832 e. The summed E-state index contributed by atoms with van der Waals surface area (Å²) in [4.78, 5) is 3.36. The van der Waals surface area contributed by atoms with Crippen LogP contribution < -0.4 is 5.01 Å². The lowest BCUT2D eigenvalue weighted by molar-refractivity contribution is 0.709. The fraction of sp³-hybridized carbons (Fsp3) is 0.125. The summed E-state index contributed by atoms with van der Waals surface area (Å²) in [5, 5.41) is 9.45. The van der Waals surface area contributed by atoms with Gasteiger partial charge in [-0.15, -0.1) is 0 Å². The van der Waals surface area contributed by atoms with E-state index in [4.69, 9.17) is 28.3 Å². The first-order chi connectivity index (χ1) is 14.1. The third kappa shape index (κ3) is 3.31. The van der Waals surface area contributed by atoms with Crippen molar-refractivity contribution in [3.05, 3.63) is 99.7 Å². The number of nitrogens with zero attached hydrogens (tertiary/aromatic N) is 2. The summed E-state index contributed by atoms with van der Waals surface area (Å²) >= 11 is 12.5. The van der Waals surface area contributed by atoms with E-state index in [0.29, 0.717) is 10.0 Å². The number of hydrogen-bond donors (Lipinski definition) is 1. The summed E-state index contributed by atoms with van der Waals surface area (Å²) in [5.41, 5.74) is 6.68. The Kier molecular flexibility index (Phi) is 4.57. The minimum atomic E-state index is 0.0520. The van der Waals surface area contributed by atoms with Crippen molar-refractivity contribution in [3.8, 4) is 0 Å². The van der Waals surface area contributed by atoms with Gasteiger partial charge in [0.1, 0.15) is 0 Å². The molecule has 144 valence electrons. The van der Waals surface area contributed by atoms with E-state index in [0.717, 1.165) is 34.5 Å². The molecular weight excluding hydrogens is 401 g/mol. The summed E-state index contributed by atoms with van der Waals surface area (Å²) in [7, 11) is 0. The molecule has 1 aliphatic heterocycles. The average molecular weight is 420 g/mol. The lowest BCUT2D eigenvalue weighted by Gasteiger charge is -2.24. The third-order valence-electron chi connectivity index (χ3n) is 5.44. The summed E-state index contributed by atoms with van der Waals surface area (Å²) in [6.07, 6.45) is 2.84. The van der Waals surface area contributed by atoms with Crippen LogP contribution in [0, 0.1) is 6.92 Å². The Hall–Kier alpha value is -2.75. The van der Waals surface area contributed by atoms with Crippen molar-refractivity contribution in [2.24, 2.45) is 5.10 Å². The van der Waals surface area contributed by atoms with Gasteiger partial charge in [0, 0.05) is 29.1 Å². The molecular formula is C24H19Cl2N3. The number of aromatic amines is 1. The highest BCUT2D eigenvalue weighted by molar-refractivity contribution is 6.42. The zero-order valence-electron chi connectivity index (χ0n) is 15.9. The molecule has 0 saturated heterocycles. The molecule has 0 saturated carbocycles. The minimum Gasteiger partial charge on any atom is -0.360 e.